The Balaban J connectivity index is 1.66. The van der Waals surface area contributed by atoms with Crippen LogP contribution in [0.5, 0.6) is 11.5 Å². The molecule has 0 fully saturated rings. The molecule has 0 aliphatic heterocycles. The number of methoxy groups -OCH3 is 2. The van der Waals surface area contributed by atoms with Gasteiger partial charge in [-0.25, -0.2) is 4.98 Å². The van der Waals surface area contributed by atoms with Crippen molar-refractivity contribution in [2.24, 2.45) is 0 Å². The number of nitrogens with zero attached hydrogens (tertiary/aromatic N) is 3. The fourth-order valence-corrected chi connectivity index (χ4v) is 4.71. The highest BCUT2D eigenvalue weighted by molar-refractivity contribution is 7.11. The zero-order valence-corrected chi connectivity index (χ0v) is 20.0. The van der Waals surface area contributed by atoms with E-state index in [1.165, 1.54) is 4.88 Å². The Morgan fingerprint density at radius 2 is 1.87 bits per heavy atom. The summed E-state index contributed by atoms with van der Waals surface area (Å²) in [4.78, 5) is 20.5. The van der Waals surface area contributed by atoms with Crippen LogP contribution in [-0.2, 0) is 19.5 Å². The van der Waals surface area contributed by atoms with Gasteiger partial charge in [-0.1, -0.05) is 6.07 Å². The molecule has 0 aliphatic carbocycles. The Morgan fingerprint density at radius 3 is 2.52 bits per heavy atom. The molecule has 0 spiro atoms. The minimum Gasteiger partial charge on any atom is -0.493 e. The van der Waals surface area contributed by atoms with Gasteiger partial charge in [0.25, 0.3) is 0 Å². The number of thiazole rings is 1. The fourth-order valence-electron chi connectivity index (χ4n) is 3.84. The molecule has 0 radical (unpaired) electrons. The average molecular weight is 442 g/mol. The molecule has 0 aliphatic rings. The largest absolute Gasteiger partial charge is 0.493 e. The van der Waals surface area contributed by atoms with E-state index >= 15 is 0 Å². The van der Waals surface area contributed by atoms with Crippen LogP contribution in [0, 0.1) is 20.8 Å². The molecule has 2 aromatic heterocycles. The Labute approximate surface area is 188 Å². The van der Waals surface area contributed by atoms with E-state index in [0.717, 1.165) is 58.5 Å². The molecular weight excluding hydrogens is 410 g/mol. The van der Waals surface area contributed by atoms with Crippen molar-refractivity contribution in [2.45, 2.75) is 40.3 Å². The van der Waals surface area contributed by atoms with Gasteiger partial charge in [0.1, 0.15) is 0 Å². The summed E-state index contributed by atoms with van der Waals surface area (Å²) in [5, 5.41) is 1.05. The Morgan fingerprint density at radius 1 is 1.13 bits per heavy atom. The molecule has 2 heterocycles. The zero-order valence-electron chi connectivity index (χ0n) is 19.2. The number of carbonyl (C=O) groups is 1. The summed E-state index contributed by atoms with van der Waals surface area (Å²) in [5.74, 6) is 1.61. The van der Waals surface area contributed by atoms with E-state index in [0.29, 0.717) is 6.54 Å². The van der Waals surface area contributed by atoms with Gasteiger partial charge in [0.05, 0.1) is 25.8 Å². The number of carbonyl (C=O) groups excluding carboxylic acids is 1. The van der Waals surface area contributed by atoms with Crippen molar-refractivity contribution in [3.63, 3.8) is 0 Å². The van der Waals surface area contributed by atoms with Crippen molar-refractivity contribution in [3.05, 3.63) is 62.9 Å². The number of likely N-dealkylation sites (N-methyl/N-ethyl adjacent to an activating group) is 1. The monoisotopic (exact) mass is 441 g/mol. The van der Waals surface area contributed by atoms with Gasteiger partial charge in [0, 0.05) is 41.1 Å². The number of aryl methyl sites for hydroxylation is 3. The lowest BCUT2D eigenvalue weighted by Gasteiger charge is -2.15. The third-order valence-corrected chi connectivity index (χ3v) is 6.35. The quantitative estimate of drug-likeness (QED) is 0.435. The van der Waals surface area contributed by atoms with E-state index in [2.05, 4.69) is 22.5 Å². The predicted octanol–water partition coefficient (Wildman–Crippen LogP) is 4.44. The van der Waals surface area contributed by atoms with Gasteiger partial charge in [-0.05, 0) is 58.0 Å². The number of hydrogen-bond donors (Lipinski definition) is 0. The molecule has 1 aromatic carbocycles. The molecule has 3 aromatic rings. The molecule has 31 heavy (non-hydrogen) atoms. The van der Waals surface area contributed by atoms with Crippen LogP contribution < -0.4 is 9.47 Å². The second-order valence-corrected chi connectivity index (χ2v) is 9.14. The fraction of sp³-hybridized carbons (Fsp3) is 0.417. The molecule has 0 bridgehead atoms. The van der Waals surface area contributed by atoms with Gasteiger partial charge in [0.2, 0.25) is 0 Å². The molecular formula is C24H31N3O3S. The van der Waals surface area contributed by atoms with Crippen molar-refractivity contribution in [3.8, 4) is 11.5 Å². The molecule has 6 nitrogen and oxygen atoms in total. The summed E-state index contributed by atoms with van der Waals surface area (Å²) in [7, 11) is 5.26. The number of benzene rings is 1. The van der Waals surface area contributed by atoms with Crippen LogP contribution in [0.25, 0.3) is 0 Å². The van der Waals surface area contributed by atoms with Crippen molar-refractivity contribution in [2.75, 3.05) is 27.8 Å². The molecule has 0 atom stereocenters. The van der Waals surface area contributed by atoms with E-state index in [4.69, 9.17) is 9.47 Å². The van der Waals surface area contributed by atoms with Gasteiger partial charge >= 0.3 is 0 Å². The second kappa shape index (κ2) is 10.1. The van der Waals surface area contributed by atoms with Crippen LogP contribution in [0.1, 0.15) is 37.2 Å². The highest BCUT2D eigenvalue weighted by atomic mass is 32.1. The number of Topliss-reactive ketones (excluding diaryl/α,β-unsaturated/α-hetero) is 1. The first kappa shape index (κ1) is 23.0. The van der Waals surface area contributed by atoms with Crippen LogP contribution in [0.3, 0.4) is 0 Å². The first-order valence-corrected chi connectivity index (χ1v) is 11.1. The second-order valence-electron chi connectivity index (χ2n) is 7.82. The normalized spacial score (nSPS) is 11.2. The summed E-state index contributed by atoms with van der Waals surface area (Å²) in [6.45, 7) is 8.00. The maximum absolute atomic E-state index is 13.0. The summed E-state index contributed by atoms with van der Waals surface area (Å²) in [5.41, 5.74) is 4.09. The Bertz CT molecular complexity index is 1050. The minimum atomic E-state index is 0.147. The number of aromatic nitrogens is 2. The average Bonchev–Trinajstić information content (AvgIpc) is 3.27. The lowest BCUT2D eigenvalue weighted by atomic mass is 10.1. The molecule has 0 N–H and O–H groups in total. The first-order valence-electron chi connectivity index (χ1n) is 10.3. The topological polar surface area (TPSA) is 56.6 Å². The van der Waals surface area contributed by atoms with Crippen molar-refractivity contribution in [1.82, 2.24) is 14.5 Å². The predicted molar refractivity (Wildman–Crippen MR) is 125 cm³/mol. The van der Waals surface area contributed by atoms with E-state index < -0.39 is 0 Å². The summed E-state index contributed by atoms with van der Waals surface area (Å²) in [6, 6.07) is 8.00. The van der Waals surface area contributed by atoms with Crippen LogP contribution in [0.15, 0.2) is 30.5 Å². The lowest BCUT2D eigenvalue weighted by molar-refractivity contribution is 0.0942. The SMILES string of the molecule is COc1ccc(CCn2c(C)cc(C(=O)CN(C)Cc3cnc(C)s3)c2C)cc1OC. The van der Waals surface area contributed by atoms with Crippen molar-refractivity contribution < 1.29 is 14.3 Å². The maximum atomic E-state index is 13.0. The molecule has 0 unspecified atom stereocenters. The van der Waals surface area contributed by atoms with E-state index in [9.17, 15) is 4.79 Å². The summed E-state index contributed by atoms with van der Waals surface area (Å²) in [6.07, 6.45) is 2.73. The molecule has 3 rings (SSSR count). The Hall–Kier alpha value is -2.64. The van der Waals surface area contributed by atoms with E-state index in [-0.39, 0.29) is 5.78 Å². The van der Waals surface area contributed by atoms with Crippen LogP contribution in [0.2, 0.25) is 0 Å². The van der Waals surface area contributed by atoms with Gasteiger partial charge in [-0.3, -0.25) is 9.69 Å². The van der Waals surface area contributed by atoms with Crippen LogP contribution in [0.4, 0.5) is 0 Å². The maximum Gasteiger partial charge on any atom is 0.178 e. The van der Waals surface area contributed by atoms with Crippen molar-refractivity contribution in [1.29, 1.82) is 0 Å². The number of ether oxygens (including phenoxy) is 2. The van der Waals surface area contributed by atoms with E-state index in [1.807, 2.05) is 50.2 Å². The number of ketones is 1. The minimum absolute atomic E-state index is 0.147. The number of rotatable bonds is 10. The van der Waals surface area contributed by atoms with Crippen LogP contribution >= 0.6 is 11.3 Å². The van der Waals surface area contributed by atoms with Gasteiger partial charge in [0.15, 0.2) is 17.3 Å². The summed E-state index contributed by atoms with van der Waals surface area (Å²) < 4.78 is 12.9. The standard InChI is InChI=1S/C24H31N3O3S/c1-16-11-21(22(28)15-26(4)14-20-13-25-18(3)31-20)17(2)27(16)10-9-19-7-8-23(29-5)24(12-19)30-6/h7-8,11-13H,9-10,14-15H2,1-6H3. The molecule has 0 saturated carbocycles. The van der Waals surface area contributed by atoms with Gasteiger partial charge < -0.3 is 14.0 Å². The highest BCUT2D eigenvalue weighted by Crippen LogP contribution is 2.28. The Kier molecular flexibility index (Phi) is 7.51. The molecule has 0 amide bonds. The van der Waals surface area contributed by atoms with Gasteiger partial charge in [-0.15, -0.1) is 11.3 Å². The summed E-state index contributed by atoms with van der Waals surface area (Å²) >= 11 is 1.67. The first-order chi connectivity index (χ1) is 14.8. The van der Waals surface area contributed by atoms with Gasteiger partial charge in [-0.2, -0.15) is 0 Å². The van der Waals surface area contributed by atoms with E-state index in [1.54, 1.807) is 25.6 Å². The smallest absolute Gasteiger partial charge is 0.178 e. The third-order valence-electron chi connectivity index (χ3n) is 5.45. The zero-order chi connectivity index (χ0) is 22.5. The third kappa shape index (κ3) is 5.54. The molecule has 7 heteroatoms. The molecule has 166 valence electrons. The van der Waals surface area contributed by atoms with Crippen molar-refractivity contribution >= 4 is 17.1 Å². The molecule has 0 saturated heterocycles. The van der Waals surface area contributed by atoms with Crippen LogP contribution in [-0.4, -0.2) is 48.0 Å². The number of hydrogen-bond acceptors (Lipinski definition) is 6. The highest BCUT2D eigenvalue weighted by Gasteiger charge is 2.18. The lowest BCUT2D eigenvalue weighted by Crippen LogP contribution is -2.25.